The molecule has 0 aliphatic rings. The minimum atomic E-state index is -1.30. The predicted octanol–water partition coefficient (Wildman–Crippen LogP) is 3.14. The summed E-state index contributed by atoms with van der Waals surface area (Å²) in [6, 6.07) is 7.52. The molecule has 0 saturated carbocycles. The molecule has 0 heterocycles. The van der Waals surface area contributed by atoms with Crippen LogP contribution in [0.25, 0.3) is 0 Å². The number of hydrogen-bond acceptors (Lipinski definition) is 2. The Balaban J connectivity index is 2.98. The maximum absolute atomic E-state index is 11.4. The zero-order chi connectivity index (χ0) is 13.6. The van der Waals surface area contributed by atoms with Gasteiger partial charge in [-0.15, -0.1) is 0 Å². The van der Waals surface area contributed by atoms with Crippen molar-refractivity contribution in [3.63, 3.8) is 0 Å². The number of allylic oxidation sites excluding steroid dienone is 1. The Kier molecular flexibility index (Phi) is 5.10. The molecule has 98 valence electrons. The van der Waals surface area contributed by atoms with Gasteiger partial charge in [-0.05, 0) is 31.4 Å². The van der Waals surface area contributed by atoms with Gasteiger partial charge in [0.2, 0.25) is 0 Å². The number of rotatable bonds is 6. The van der Waals surface area contributed by atoms with E-state index in [2.05, 4.69) is 6.92 Å². The number of benzene rings is 1. The average molecular weight is 248 g/mol. The van der Waals surface area contributed by atoms with Crippen LogP contribution in [0.1, 0.15) is 31.9 Å². The van der Waals surface area contributed by atoms with E-state index in [1.54, 1.807) is 13.0 Å². The van der Waals surface area contributed by atoms with Crippen molar-refractivity contribution in [1.82, 2.24) is 0 Å². The molecule has 1 aromatic carbocycles. The van der Waals surface area contributed by atoms with Crippen LogP contribution in [0, 0.1) is 0 Å². The van der Waals surface area contributed by atoms with Gasteiger partial charge in [0.05, 0.1) is 6.61 Å². The highest BCUT2D eigenvalue weighted by Crippen LogP contribution is 2.26. The van der Waals surface area contributed by atoms with Crippen molar-refractivity contribution in [1.29, 1.82) is 0 Å². The maximum Gasteiger partial charge on any atom is 0.340 e. The van der Waals surface area contributed by atoms with Crippen molar-refractivity contribution >= 4 is 5.97 Å². The van der Waals surface area contributed by atoms with E-state index in [-0.39, 0.29) is 6.61 Å². The fourth-order valence-electron chi connectivity index (χ4n) is 1.64. The molecule has 0 bridgehead atoms. The molecule has 0 saturated heterocycles. The minimum Gasteiger partial charge on any atom is -0.479 e. The summed E-state index contributed by atoms with van der Waals surface area (Å²) in [6.45, 7) is 5.81. The van der Waals surface area contributed by atoms with Crippen LogP contribution in [0.5, 0.6) is 0 Å². The van der Waals surface area contributed by atoms with Crippen LogP contribution < -0.4 is 0 Å². The number of carbonyl (C=O) groups is 1. The fraction of sp³-hybridized carbons (Fsp3) is 0.400. The number of aryl methyl sites for hydroxylation is 1. The van der Waals surface area contributed by atoms with Crippen LogP contribution in [-0.4, -0.2) is 17.7 Å². The molecule has 0 radical (unpaired) electrons. The quantitative estimate of drug-likeness (QED) is 0.787. The summed E-state index contributed by atoms with van der Waals surface area (Å²) >= 11 is 0. The lowest BCUT2D eigenvalue weighted by molar-refractivity contribution is -0.163. The molecular weight excluding hydrogens is 228 g/mol. The molecule has 0 aromatic heterocycles. The Hall–Kier alpha value is -1.61. The molecule has 0 fully saturated rings. The lowest BCUT2D eigenvalue weighted by atomic mass is 9.94. The van der Waals surface area contributed by atoms with Crippen LogP contribution in [0.4, 0.5) is 0 Å². The summed E-state index contributed by atoms with van der Waals surface area (Å²) in [4.78, 5) is 11.4. The van der Waals surface area contributed by atoms with Gasteiger partial charge in [-0.2, -0.15) is 0 Å². The van der Waals surface area contributed by atoms with E-state index in [0.29, 0.717) is 5.56 Å². The van der Waals surface area contributed by atoms with E-state index in [9.17, 15) is 9.90 Å². The smallest absolute Gasteiger partial charge is 0.340 e. The third-order valence-corrected chi connectivity index (χ3v) is 3.03. The lowest BCUT2D eigenvalue weighted by Gasteiger charge is -2.25. The maximum atomic E-state index is 11.4. The van der Waals surface area contributed by atoms with Gasteiger partial charge < -0.3 is 9.84 Å². The summed E-state index contributed by atoms with van der Waals surface area (Å²) < 4.78 is 5.50. The zero-order valence-corrected chi connectivity index (χ0v) is 11.1. The van der Waals surface area contributed by atoms with Gasteiger partial charge in [-0.3, -0.25) is 0 Å². The monoisotopic (exact) mass is 248 g/mol. The van der Waals surface area contributed by atoms with Crippen LogP contribution in [0.2, 0.25) is 0 Å². The first-order valence-corrected chi connectivity index (χ1v) is 6.12. The molecule has 0 aliphatic carbocycles. The SMILES string of the molecule is CC=CCOC(C)(C(=O)O)c1ccc(CC)cc1. The van der Waals surface area contributed by atoms with E-state index in [4.69, 9.17) is 4.74 Å². The Bertz CT molecular complexity index is 420. The molecule has 3 heteroatoms. The Morgan fingerprint density at radius 1 is 1.39 bits per heavy atom. The second-order valence-corrected chi connectivity index (χ2v) is 4.27. The minimum absolute atomic E-state index is 0.287. The molecule has 1 N–H and O–H groups in total. The van der Waals surface area contributed by atoms with Crippen LogP contribution in [0.15, 0.2) is 36.4 Å². The second kappa shape index (κ2) is 6.36. The van der Waals surface area contributed by atoms with Crippen molar-refractivity contribution in [2.24, 2.45) is 0 Å². The summed E-state index contributed by atoms with van der Waals surface area (Å²) in [5.41, 5.74) is 0.544. The van der Waals surface area contributed by atoms with Gasteiger partial charge in [0.15, 0.2) is 5.60 Å². The van der Waals surface area contributed by atoms with E-state index in [0.717, 1.165) is 6.42 Å². The van der Waals surface area contributed by atoms with Gasteiger partial charge in [0, 0.05) is 0 Å². The first-order chi connectivity index (χ1) is 8.54. The summed E-state index contributed by atoms with van der Waals surface area (Å²) in [5.74, 6) is -0.976. The normalized spacial score (nSPS) is 14.6. The van der Waals surface area contributed by atoms with Crippen LogP contribution in [0.3, 0.4) is 0 Å². The number of ether oxygens (including phenoxy) is 1. The number of hydrogen-bond donors (Lipinski definition) is 1. The van der Waals surface area contributed by atoms with Gasteiger partial charge in [0.25, 0.3) is 0 Å². The van der Waals surface area contributed by atoms with Crippen molar-refractivity contribution in [3.05, 3.63) is 47.5 Å². The third kappa shape index (κ3) is 3.20. The third-order valence-electron chi connectivity index (χ3n) is 3.03. The van der Waals surface area contributed by atoms with Crippen molar-refractivity contribution in [2.45, 2.75) is 32.8 Å². The molecular formula is C15H20O3. The highest BCUT2D eigenvalue weighted by atomic mass is 16.5. The fourth-order valence-corrected chi connectivity index (χ4v) is 1.64. The van der Waals surface area contributed by atoms with E-state index in [1.807, 2.05) is 37.3 Å². The first kappa shape index (κ1) is 14.5. The van der Waals surface area contributed by atoms with E-state index < -0.39 is 11.6 Å². The molecule has 1 aromatic rings. The molecule has 1 atom stereocenters. The number of aliphatic carboxylic acids is 1. The highest BCUT2D eigenvalue weighted by molar-refractivity contribution is 5.79. The molecule has 1 unspecified atom stereocenters. The van der Waals surface area contributed by atoms with Gasteiger partial charge in [-0.1, -0.05) is 43.3 Å². The van der Waals surface area contributed by atoms with Gasteiger partial charge in [-0.25, -0.2) is 4.79 Å². The molecule has 3 nitrogen and oxygen atoms in total. The molecule has 18 heavy (non-hydrogen) atoms. The summed E-state index contributed by atoms with van der Waals surface area (Å²) in [5, 5.41) is 9.36. The first-order valence-electron chi connectivity index (χ1n) is 6.12. The summed E-state index contributed by atoms with van der Waals surface area (Å²) in [6.07, 6.45) is 4.56. The molecule has 0 spiro atoms. The Morgan fingerprint density at radius 3 is 2.44 bits per heavy atom. The van der Waals surface area contributed by atoms with Crippen molar-refractivity contribution in [3.8, 4) is 0 Å². The Morgan fingerprint density at radius 2 is 2.00 bits per heavy atom. The van der Waals surface area contributed by atoms with Crippen molar-refractivity contribution < 1.29 is 14.6 Å². The zero-order valence-electron chi connectivity index (χ0n) is 11.1. The summed E-state index contributed by atoms with van der Waals surface area (Å²) in [7, 11) is 0. The standard InChI is InChI=1S/C15H20O3/c1-4-6-11-18-15(3,14(16)17)13-9-7-12(5-2)8-10-13/h4,6-10H,5,11H2,1-3H3,(H,16,17). The van der Waals surface area contributed by atoms with E-state index >= 15 is 0 Å². The van der Waals surface area contributed by atoms with E-state index in [1.165, 1.54) is 5.56 Å². The molecule has 0 amide bonds. The molecule has 0 aliphatic heterocycles. The topological polar surface area (TPSA) is 46.5 Å². The average Bonchev–Trinajstić information content (AvgIpc) is 2.38. The van der Waals surface area contributed by atoms with Gasteiger partial charge >= 0.3 is 5.97 Å². The van der Waals surface area contributed by atoms with Crippen LogP contribution >= 0.6 is 0 Å². The second-order valence-electron chi connectivity index (χ2n) is 4.27. The highest BCUT2D eigenvalue weighted by Gasteiger charge is 2.35. The predicted molar refractivity (Wildman–Crippen MR) is 71.6 cm³/mol. The molecule has 1 rings (SSSR count). The van der Waals surface area contributed by atoms with Crippen LogP contribution in [-0.2, 0) is 21.6 Å². The number of carboxylic acids is 1. The number of carboxylic acid groups (broad SMARTS) is 1. The Labute approximate surface area is 108 Å². The van der Waals surface area contributed by atoms with Gasteiger partial charge in [0.1, 0.15) is 0 Å². The lowest BCUT2D eigenvalue weighted by Crippen LogP contribution is -2.35. The largest absolute Gasteiger partial charge is 0.479 e. The van der Waals surface area contributed by atoms with Crippen molar-refractivity contribution in [2.75, 3.05) is 6.61 Å².